The van der Waals surface area contributed by atoms with E-state index in [0.29, 0.717) is 13.2 Å². The number of aromatic hydroxyl groups is 1. The van der Waals surface area contributed by atoms with Crippen LogP contribution in [0.2, 0.25) is 0 Å². The van der Waals surface area contributed by atoms with Crippen molar-refractivity contribution >= 4 is 6.09 Å². The van der Waals surface area contributed by atoms with Crippen molar-refractivity contribution in [1.29, 1.82) is 0 Å². The van der Waals surface area contributed by atoms with E-state index >= 15 is 0 Å². The average molecular weight is 262 g/mol. The summed E-state index contributed by atoms with van der Waals surface area (Å²) in [6.45, 7) is 2.79. The highest BCUT2D eigenvalue weighted by Gasteiger charge is 2.47. The van der Waals surface area contributed by atoms with Crippen molar-refractivity contribution < 1.29 is 14.6 Å². The summed E-state index contributed by atoms with van der Waals surface area (Å²) in [4.78, 5) is 13.8. The Balaban J connectivity index is 1.82. The van der Waals surface area contributed by atoms with Crippen LogP contribution in [0.1, 0.15) is 18.4 Å². The Labute approximate surface area is 112 Å². The number of nitrogens with zero attached hydrogens (tertiary/aromatic N) is 1. The molecular formula is C14H18N2O3. The Morgan fingerprint density at radius 2 is 2.16 bits per heavy atom. The van der Waals surface area contributed by atoms with Gasteiger partial charge in [-0.25, -0.2) is 4.79 Å². The Hall–Kier alpha value is -1.75. The first-order chi connectivity index (χ1) is 9.20. The highest BCUT2D eigenvalue weighted by molar-refractivity contribution is 5.71. The molecule has 0 bridgehead atoms. The highest BCUT2D eigenvalue weighted by Crippen LogP contribution is 2.34. The van der Waals surface area contributed by atoms with Gasteiger partial charge < -0.3 is 15.2 Å². The molecule has 5 nitrogen and oxygen atoms in total. The molecule has 2 fully saturated rings. The predicted octanol–water partition coefficient (Wildman–Crippen LogP) is 1.47. The number of phenols is 1. The molecule has 3 rings (SSSR count). The Bertz CT molecular complexity index is 483. The van der Waals surface area contributed by atoms with E-state index in [2.05, 4.69) is 5.32 Å². The van der Waals surface area contributed by atoms with Gasteiger partial charge >= 0.3 is 6.09 Å². The van der Waals surface area contributed by atoms with E-state index in [9.17, 15) is 9.90 Å². The van der Waals surface area contributed by atoms with Crippen molar-refractivity contribution in [1.82, 2.24) is 10.2 Å². The summed E-state index contributed by atoms with van der Waals surface area (Å²) in [7, 11) is 0. The van der Waals surface area contributed by atoms with Crippen molar-refractivity contribution in [2.24, 2.45) is 0 Å². The van der Waals surface area contributed by atoms with Gasteiger partial charge in [-0.3, -0.25) is 4.90 Å². The first-order valence-electron chi connectivity index (χ1n) is 6.63. The number of phenolic OH excluding ortho intramolecular Hbond substituents is 1. The van der Waals surface area contributed by atoms with E-state index in [1.165, 1.54) is 0 Å². The summed E-state index contributed by atoms with van der Waals surface area (Å²) in [6, 6.07) is 7.04. The number of hydrogen-bond acceptors (Lipinski definition) is 4. The molecule has 1 aromatic carbocycles. The summed E-state index contributed by atoms with van der Waals surface area (Å²) in [6.07, 6.45) is 1.58. The van der Waals surface area contributed by atoms with E-state index in [1.807, 2.05) is 11.0 Å². The molecule has 1 spiro atoms. The van der Waals surface area contributed by atoms with Crippen molar-refractivity contribution in [3.63, 3.8) is 0 Å². The number of carbonyl (C=O) groups excluding carboxylic acids is 1. The van der Waals surface area contributed by atoms with E-state index in [0.717, 1.165) is 31.5 Å². The number of piperidine rings is 1. The Kier molecular flexibility index (Phi) is 3.06. The zero-order valence-electron chi connectivity index (χ0n) is 10.8. The van der Waals surface area contributed by atoms with Crippen molar-refractivity contribution in [2.45, 2.75) is 24.9 Å². The molecule has 102 valence electrons. The van der Waals surface area contributed by atoms with Gasteiger partial charge in [0.15, 0.2) is 0 Å². The van der Waals surface area contributed by atoms with Crippen LogP contribution in [0.4, 0.5) is 4.79 Å². The monoisotopic (exact) mass is 262 g/mol. The maximum atomic E-state index is 12.0. The van der Waals surface area contributed by atoms with Crippen molar-refractivity contribution in [3.05, 3.63) is 29.8 Å². The molecule has 0 radical (unpaired) electrons. The third kappa shape index (κ3) is 2.26. The SMILES string of the molecule is O=C1OCC2(CCNCC2)N1Cc1cccc(O)c1. The normalized spacial score (nSPS) is 21.7. The number of ether oxygens (including phenoxy) is 1. The molecule has 2 N–H and O–H groups in total. The molecule has 19 heavy (non-hydrogen) atoms. The predicted molar refractivity (Wildman–Crippen MR) is 69.8 cm³/mol. The molecule has 2 heterocycles. The molecule has 0 atom stereocenters. The second-order valence-corrected chi connectivity index (χ2v) is 5.28. The fraction of sp³-hybridized carbons (Fsp3) is 0.500. The van der Waals surface area contributed by atoms with Crippen LogP contribution in [0.5, 0.6) is 5.75 Å². The zero-order valence-corrected chi connectivity index (χ0v) is 10.8. The van der Waals surface area contributed by atoms with Gasteiger partial charge in [-0.15, -0.1) is 0 Å². The van der Waals surface area contributed by atoms with Crippen LogP contribution >= 0.6 is 0 Å². The molecular weight excluding hydrogens is 244 g/mol. The van der Waals surface area contributed by atoms with Crippen LogP contribution in [0.3, 0.4) is 0 Å². The van der Waals surface area contributed by atoms with Crippen LogP contribution in [0.25, 0.3) is 0 Å². The van der Waals surface area contributed by atoms with E-state index in [4.69, 9.17) is 4.74 Å². The van der Waals surface area contributed by atoms with Crippen LogP contribution in [0, 0.1) is 0 Å². The Morgan fingerprint density at radius 1 is 1.37 bits per heavy atom. The maximum absolute atomic E-state index is 12.0. The second-order valence-electron chi connectivity index (χ2n) is 5.28. The number of hydrogen-bond donors (Lipinski definition) is 2. The van der Waals surface area contributed by atoms with Crippen LogP contribution in [-0.4, -0.2) is 41.3 Å². The van der Waals surface area contributed by atoms with Crippen LogP contribution in [0.15, 0.2) is 24.3 Å². The molecule has 5 heteroatoms. The molecule has 0 aliphatic carbocycles. The van der Waals surface area contributed by atoms with E-state index < -0.39 is 0 Å². The van der Waals surface area contributed by atoms with Gasteiger partial charge in [0.1, 0.15) is 12.4 Å². The fourth-order valence-electron chi connectivity index (χ4n) is 2.92. The maximum Gasteiger partial charge on any atom is 0.410 e. The zero-order chi connectivity index (χ0) is 13.3. The third-order valence-electron chi connectivity index (χ3n) is 4.04. The Morgan fingerprint density at radius 3 is 2.89 bits per heavy atom. The highest BCUT2D eigenvalue weighted by atomic mass is 16.6. The molecule has 1 aromatic rings. The molecule has 2 saturated heterocycles. The lowest BCUT2D eigenvalue weighted by Crippen LogP contribution is -2.53. The number of carbonyl (C=O) groups is 1. The van der Waals surface area contributed by atoms with Gasteiger partial charge in [-0.05, 0) is 43.6 Å². The number of rotatable bonds is 2. The number of cyclic esters (lactones) is 1. The van der Waals surface area contributed by atoms with Gasteiger partial charge in [0.25, 0.3) is 0 Å². The van der Waals surface area contributed by atoms with Crippen LogP contribution < -0.4 is 5.32 Å². The van der Waals surface area contributed by atoms with Crippen molar-refractivity contribution in [3.8, 4) is 5.75 Å². The smallest absolute Gasteiger partial charge is 0.410 e. The number of amides is 1. The topological polar surface area (TPSA) is 61.8 Å². The molecule has 0 unspecified atom stereocenters. The van der Waals surface area contributed by atoms with Gasteiger partial charge in [0, 0.05) is 6.54 Å². The average Bonchev–Trinajstić information content (AvgIpc) is 2.69. The summed E-state index contributed by atoms with van der Waals surface area (Å²) in [5.41, 5.74) is 0.755. The summed E-state index contributed by atoms with van der Waals surface area (Å²) in [5.74, 6) is 0.226. The van der Waals surface area contributed by atoms with Crippen LogP contribution in [-0.2, 0) is 11.3 Å². The summed E-state index contributed by atoms with van der Waals surface area (Å²) >= 11 is 0. The largest absolute Gasteiger partial charge is 0.508 e. The van der Waals surface area contributed by atoms with Gasteiger partial charge in [0.05, 0.1) is 5.54 Å². The molecule has 1 amide bonds. The second kappa shape index (κ2) is 4.74. The quantitative estimate of drug-likeness (QED) is 0.847. The number of nitrogens with one attached hydrogen (secondary N) is 1. The lowest BCUT2D eigenvalue weighted by Gasteiger charge is -2.38. The molecule has 2 aliphatic heterocycles. The van der Waals surface area contributed by atoms with Gasteiger partial charge in [-0.1, -0.05) is 12.1 Å². The molecule has 0 saturated carbocycles. The minimum Gasteiger partial charge on any atom is -0.508 e. The molecule has 0 aromatic heterocycles. The third-order valence-corrected chi connectivity index (χ3v) is 4.04. The minimum absolute atomic E-state index is 0.173. The van der Waals surface area contributed by atoms with E-state index in [1.54, 1.807) is 18.2 Å². The van der Waals surface area contributed by atoms with E-state index in [-0.39, 0.29) is 17.4 Å². The summed E-state index contributed by atoms with van der Waals surface area (Å²) < 4.78 is 5.26. The number of benzene rings is 1. The minimum atomic E-state index is -0.245. The molecule has 2 aliphatic rings. The lowest BCUT2D eigenvalue weighted by molar-refractivity contribution is 0.119. The van der Waals surface area contributed by atoms with Gasteiger partial charge in [0.2, 0.25) is 0 Å². The standard InChI is InChI=1S/C14H18N2O3/c17-12-3-1-2-11(8-12)9-16-13(18)19-10-14(16)4-6-15-7-5-14/h1-3,8,15,17H,4-7,9-10H2. The first kappa shape index (κ1) is 12.3. The fourth-order valence-corrected chi connectivity index (χ4v) is 2.92. The van der Waals surface area contributed by atoms with Gasteiger partial charge in [-0.2, -0.15) is 0 Å². The summed E-state index contributed by atoms with van der Waals surface area (Å²) in [5, 5.41) is 12.8. The first-order valence-corrected chi connectivity index (χ1v) is 6.63. The lowest BCUT2D eigenvalue weighted by atomic mass is 9.88. The van der Waals surface area contributed by atoms with Crippen molar-refractivity contribution in [2.75, 3.05) is 19.7 Å².